The van der Waals surface area contributed by atoms with E-state index in [1.165, 1.54) is 9.87 Å². The van der Waals surface area contributed by atoms with Gasteiger partial charge < -0.3 is 9.64 Å². The third-order valence-electron chi connectivity index (χ3n) is 5.86. The van der Waals surface area contributed by atoms with Crippen LogP contribution in [0, 0.1) is 5.92 Å². The number of morpholine rings is 1. The van der Waals surface area contributed by atoms with E-state index in [2.05, 4.69) is 10.8 Å². The first-order chi connectivity index (χ1) is 13.0. The summed E-state index contributed by atoms with van der Waals surface area (Å²) in [6, 6.07) is 7.82. The van der Waals surface area contributed by atoms with Crippen molar-refractivity contribution in [1.82, 2.24) is 13.9 Å². The van der Waals surface area contributed by atoms with E-state index in [-0.39, 0.29) is 17.9 Å². The van der Waals surface area contributed by atoms with Crippen LogP contribution in [0.25, 0.3) is 0 Å². The summed E-state index contributed by atoms with van der Waals surface area (Å²) < 4.78 is 35.3. The maximum absolute atomic E-state index is 12.8. The first-order valence-corrected chi connectivity index (χ1v) is 11.2. The zero-order valence-electron chi connectivity index (χ0n) is 15.5. The SMILES string of the molecule is O=C([C@@H]1CC[C@H](NS(=O)(=O)N2CCc3ccccc3C2)C1)N1CCOCC1. The van der Waals surface area contributed by atoms with Crippen molar-refractivity contribution in [1.29, 1.82) is 0 Å². The highest BCUT2D eigenvalue weighted by Crippen LogP contribution is 2.29. The fourth-order valence-corrected chi connectivity index (χ4v) is 5.74. The Hall–Kier alpha value is -1.48. The fraction of sp³-hybridized carbons (Fsp3) is 0.632. The van der Waals surface area contributed by atoms with Gasteiger partial charge in [0.2, 0.25) is 5.91 Å². The molecule has 27 heavy (non-hydrogen) atoms. The van der Waals surface area contributed by atoms with Crippen LogP contribution in [0.2, 0.25) is 0 Å². The van der Waals surface area contributed by atoms with E-state index in [9.17, 15) is 13.2 Å². The average Bonchev–Trinajstić information content (AvgIpc) is 3.15. The second-order valence-electron chi connectivity index (χ2n) is 7.62. The molecule has 8 heteroatoms. The summed E-state index contributed by atoms with van der Waals surface area (Å²) in [5, 5.41) is 0. The monoisotopic (exact) mass is 393 g/mol. The molecule has 0 unspecified atom stereocenters. The summed E-state index contributed by atoms with van der Waals surface area (Å²) >= 11 is 0. The molecular formula is C19H27N3O4S. The zero-order chi connectivity index (χ0) is 18.9. The van der Waals surface area contributed by atoms with E-state index >= 15 is 0 Å². The van der Waals surface area contributed by atoms with Gasteiger partial charge >= 0.3 is 0 Å². The van der Waals surface area contributed by atoms with Crippen molar-refractivity contribution < 1.29 is 17.9 Å². The van der Waals surface area contributed by atoms with Crippen LogP contribution in [0.5, 0.6) is 0 Å². The van der Waals surface area contributed by atoms with Crippen molar-refractivity contribution in [3.8, 4) is 0 Å². The molecule has 2 fully saturated rings. The fourth-order valence-electron chi connectivity index (χ4n) is 4.31. The van der Waals surface area contributed by atoms with Crippen molar-refractivity contribution in [2.75, 3.05) is 32.8 Å². The van der Waals surface area contributed by atoms with E-state index in [1.807, 2.05) is 23.1 Å². The number of benzene rings is 1. The van der Waals surface area contributed by atoms with E-state index < -0.39 is 10.2 Å². The topological polar surface area (TPSA) is 79.0 Å². The van der Waals surface area contributed by atoms with Crippen molar-refractivity contribution in [2.24, 2.45) is 5.92 Å². The van der Waals surface area contributed by atoms with Crippen molar-refractivity contribution in [2.45, 2.75) is 38.3 Å². The lowest BCUT2D eigenvalue weighted by Crippen LogP contribution is -2.47. The normalized spacial score (nSPS) is 26.7. The quantitative estimate of drug-likeness (QED) is 0.825. The second kappa shape index (κ2) is 7.87. The molecular weight excluding hydrogens is 366 g/mol. The highest BCUT2D eigenvalue weighted by atomic mass is 32.2. The van der Waals surface area contributed by atoms with Crippen molar-refractivity contribution in [3.63, 3.8) is 0 Å². The minimum Gasteiger partial charge on any atom is -0.378 e. The van der Waals surface area contributed by atoms with Crippen LogP contribution >= 0.6 is 0 Å². The van der Waals surface area contributed by atoms with Gasteiger partial charge in [-0.2, -0.15) is 17.4 Å². The van der Waals surface area contributed by atoms with E-state index in [0.29, 0.717) is 52.2 Å². The molecule has 1 aromatic rings. The molecule has 0 bridgehead atoms. The van der Waals surface area contributed by atoms with Crippen LogP contribution < -0.4 is 4.72 Å². The standard InChI is InChI=1S/C19H27N3O4S/c23-19(21-9-11-26-12-10-21)16-5-6-18(13-16)20-27(24,25)22-8-7-15-3-1-2-4-17(15)14-22/h1-4,16,18,20H,5-14H2/t16-,18+/m1/s1. The Morgan fingerprint density at radius 2 is 1.81 bits per heavy atom. The summed E-state index contributed by atoms with van der Waals surface area (Å²) in [6.07, 6.45) is 2.77. The van der Waals surface area contributed by atoms with Crippen LogP contribution in [0.4, 0.5) is 0 Å². The van der Waals surface area contributed by atoms with Crippen LogP contribution in [0.15, 0.2) is 24.3 Å². The first kappa shape index (κ1) is 18.9. The van der Waals surface area contributed by atoms with Gasteiger partial charge in [0.15, 0.2) is 0 Å². The molecule has 7 nitrogen and oxygen atoms in total. The minimum atomic E-state index is -3.55. The molecule has 1 saturated heterocycles. The Kier molecular flexibility index (Phi) is 5.50. The van der Waals surface area contributed by atoms with Gasteiger partial charge in [-0.25, -0.2) is 0 Å². The third-order valence-corrected chi connectivity index (χ3v) is 7.48. The predicted molar refractivity (Wildman–Crippen MR) is 101 cm³/mol. The number of ether oxygens (including phenoxy) is 1. The maximum Gasteiger partial charge on any atom is 0.280 e. The van der Waals surface area contributed by atoms with Gasteiger partial charge in [-0.05, 0) is 36.8 Å². The number of carbonyl (C=O) groups excluding carboxylic acids is 1. The minimum absolute atomic E-state index is 0.0853. The Morgan fingerprint density at radius 1 is 1.07 bits per heavy atom. The molecule has 4 rings (SSSR count). The van der Waals surface area contributed by atoms with Gasteiger partial charge in [0.1, 0.15) is 0 Å². The van der Waals surface area contributed by atoms with Crippen molar-refractivity contribution in [3.05, 3.63) is 35.4 Å². The molecule has 2 heterocycles. The third kappa shape index (κ3) is 4.18. The number of rotatable bonds is 4. The van der Waals surface area contributed by atoms with Crippen LogP contribution in [-0.4, -0.2) is 62.4 Å². The molecule has 3 aliphatic rings. The first-order valence-electron chi connectivity index (χ1n) is 9.73. The molecule has 148 valence electrons. The van der Waals surface area contributed by atoms with Crippen LogP contribution in [0.1, 0.15) is 30.4 Å². The molecule has 2 aliphatic heterocycles. The molecule has 1 amide bonds. The largest absolute Gasteiger partial charge is 0.378 e. The summed E-state index contributed by atoms with van der Waals surface area (Å²) in [4.78, 5) is 14.5. The molecule has 0 aromatic heterocycles. The Bertz CT molecular complexity index is 792. The lowest BCUT2D eigenvalue weighted by molar-refractivity contribution is -0.139. The predicted octanol–water partition coefficient (Wildman–Crippen LogP) is 0.907. The van der Waals surface area contributed by atoms with Crippen LogP contribution in [-0.2, 0) is 32.7 Å². The Morgan fingerprint density at radius 3 is 2.59 bits per heavy atom. The Balaban J connectivity index is 1.34. The number of hydrogen-bond acceptors (Lipinski definition) is 4. The van der Waals surface area contributed by atoms with Crippen molar-refractivity contribution >= 4 is 16.1 Å². The van der Waals surface area contributed by atoms with Gasteiger partial charge in [-0.3, -0.25) is 4.79 Å². The zero-order valence-corrected chi connectivity index (χ0v) is 16.3. The number of nitrogens with zero attached hydrogens (tertiary/aromatic N) is 2. The average molecular weight is 394 g/mol. The Labute approximate surface area is 160 Å². The molecule has 0 spiro atoms. The molecule has 1 N–H and O–H groups in total. The number of amides is 1. The van der Waals surface area contributed by atoms with Gasteiger partial charge in [-0.1, -0.05) is 24.3 Å². The van der Waals surface area contributed by atoms with Gasteiger partial charge in [-0.15, -0.1) is 0 Å². The van der Waals surface area contributed by atoms with Gasteiger partial charge in [0.05, 0.1) is 13.2 Å². The van der Waals surface area contributed by atoms with Gasteiger partial charge in [0, 0.05) is 38.1 Å². The second-order valence-corrected chi connectivity index (χ2v) is 9.32. The number of hydrogen-bond donors (Lipinski definition) is 1. The summed E-state index contributed by atoms with van der Waals surface area (Å²) in [5.74, 6) is 0.0600. The molecule has 1 saturated carbocycles. The van der Waals surface area contributed by atoms with E-state index in [0.717, 1.165) is 18.4 Å². The highest BCUT2D eigenvalue weighted by Gasteiger charge is 2.36. The number of carbonyl (C=O) groups is 1. The van der Waals surface area contributed by atoms with E-state index in [1.54, 1.807) is 0 Å². The molecule has 1 aliphatic carbocycles. The summed E-state index contributed by atoms with van der Waals surface area (Å²) in [6.45, 7) is 3.36. The number of nitrogens with one attached hydrogen (secondary N) is 1. The lowest BCUT2D eigenvalue weighted by Gasteiger charge is -2.30. The van der Waals surface area contributed by atoms with Gasteiger partial charge in [0.25, 0.3) is 10.2 Å². The lowest BCUT2D eigenvalue weighted by atomic mass is 10.0. The summed E-state index contributed by atoms with van der Waals surface area (Å²) in [5.41, 5.74) is 2.29. The molecule has 2 atom stereocenters. The van der Waals surface area contributed by atoms with E-state index in [4.69, 9.17) is 4.74 Å². The smallest absolute Gasteiger partial charge is 0.280 e. The maximum atomic E-state index is 12.8. The number of fused-ring (bicyclic) bond motifs is 1. The summed E-state index contributed by atoms with van der Waals surface area (Å²) in [7, 11) is -3.55. The van der Waals surface area contributed by atoms with Crippen LogP contribution in [0.3, 0.4) is 0 Å². The highest BCUT2D eigenvalue weighted by molar-refractivity contribution is 7.87. The molecule has 1 aromatic carbocycles. The molecule has 0 radical (unpaired) electrons.